The van der Waals surface area contributed by atoms with Gasteiger partial charge >= 0.3 is 12.1 Å². The summed E-state index contributed by atoms with van der Waals surface area (Å²) in [6, 6.07) is 16.4. The molecule has 2 aliphatic rings. The van der Waals surface area contributed by atoms with E-state index in [1.807, 2.05) is 24.3 Å². The number of carboxylic acid groups (broad SMARTS) is 1. The largest absolute Gasteiger partial charge is 0.481 e. The van der Waals surface area contributed by atoms with Gasteiger partial charge in [0.05, 0.1) is 19.1 Å². The van der Waals surface area contributed by atoms with Crippen LogP contribution in [0.3, 0.4) is 0 Å². The van der Waals surface area contributed by atoms with E-state index in [1.165, 1.54) is 22.3 Å². The third-order valence-corrected chi connectivity index (χ3v) is 5.44. The lowest BCUT2D eigenvalue weighted by molar-refractivity contribution is -0.138. The number of carboxylic acids is 1. The highest BCUT2D eigenvalue weighted by molar-refractivity contribution is 5.79. The molecule has 1 amide bonds. The fourth-order valence-electron chi connectivity index (χ4n) is 4.16. The number of amides is 1. The highest BCUT2D eigenvalue weighted by atomic mass is 16.5. The first-order valence-corrected chi connectivity index (χ1v) is 9.54. The first kappa shape index (κ1) is 18.5. The Labute approximate surface area is 163 Å². The van der Waals surface area contributed by atoms with Gasteiger partial charge in [0, 0.05) is 12.5 Å². The van der Waals surface area contributed by atoms with E-state index in [1.54, 1.807) is 0 Å². The van der Waals surface area contributed by atoms with E-state index in [-0.39, 0.29) is 31.0 Å². The Balaban J connectivity index is 1.30. The molecule has 2 atom stereocenters. The first-order valence-electron chi connectivity index (χ1n) is 9.54. The lowest BCUT2D eigenvalue weighted by atomic mass is 9.98. The summed E-state index contributed by atoms with van der Waals surface area (Å²) >= 11 is 0. The van der Waals surface area contributed by atoms with Crippen molar-refractivity contribution in [2.24, 2.45) is 5.92 Å². The molecule has 1 aliphatic carbocycles. The molecular formula is C22H23NO5. The normalized spacial score (nSPS) is 20.4. The number of ether oxygens (including phenoxy) is 2. The molecule has 0 spiro atoms. The number of hydrogen-bond donors (Lipinski definition) is 2. The molecule has 2 unspecified atom stereocenters. The highest BCUT2D eigenvalue weighted by Crippen LogP contribution is 2.44. The molecule has 0 radical (unpaired) electrons. The number of hydrogen-bond acceptors (Lipinski definition) is 4. The van der Waals surface area contributed by atoms with Crippen LogP contribution < -0.4 is 5.32 Å². The smallest absolute Gasteiger partial charge is 0.407 e. The number of fused-ring (bicyclic) bond motifs is 3. The van der Waals surface area contributed by atoms with E-state index in [4.69, 9.17) is 14.6 Å². The van der Waals surface area contributed by atoms with Crippen molar-refractivity contribution in [2.45, 2.75) is 24.9 Å². The fourth-order valence-corrected chi connectivity index (χ4v) is 4.16. The van der Waals surface area contributed by atoms with Gasteiger partial charge in [-0.2, -0.15) is 0 Å². The topological polar surface area (TPSA) is 84.9 Å². The molecule has 0 saturated carbocycles. The van der Waals surface area contributed by atoms with Crippen LogP contribution in [0.2, 0.25) is 0 Å². The Bertz CT molecular complexity index is 835. The van der Waals surface area contributed by atoms with Gasteiger partial charge in [-0.1, -0.05) is 48.5 Å². The number of aliphatic carboxylic acids is 1. The lowest BCUT2D eigenvalue weighted by Gasteiger charge is -2.15. The van der Waals surface area contributed by atoms with Gasteiger partial charge in [-0.3, -0.25) is 4.79 Å². The quantitative estimate of drug-likeness (QED) is 0.801. The van der Waals surface area contributed by atoms with Crippen molar-refractivity contribution < 1.29 is 24.2 Å². The molecule has 6 nitrogen and oxygen atoms in total. The van der Waals surface area contributed by atoms with Crippen LogP contribution in [-0.4, -0.2) is 43.0 Å². The van der Waals surface area contributed by atoms with Gasteiger partial charge in [-0.15, -0.1) is 0 Å². The van der Waals surface area contributed by atoms with Crippen LogP contribution in [0.5, 0.6) is 0 Å². The summed E-state index contributed by atoms with van der Waals surface area (Å²) in [6.07, 6.45) is 0.0918. The van der Waals surface area contributed by atoms with Crippen molar-refractivity contribution >= 4 is 12.1 Å². The van der Waals surface area contributed by atoms with Gasteiger partial charge in [0.2, 0.25) is 0 Å². The van der Waals surface area contributed by atoms with Crippen LogP contribution in [0.1, 0.15) is 29.9 Å². The van der Waals surface area contributed by atoms with Crippen molar-refractivity contribution in [3.8, 4) is 11.1 Å². The zero-order valence-corrected chi connectivity index (χ0v) is 15.5. The Morgan fingerprint density at radius 1 is 1.07 bits per heavy atom. The van der Waals surface area contributed by atoms with Gasteiger partial charge in [-0.05, 0) is 34.6 Å². The van der Waals surface area contributed by atoms with Gasteiger partial charge in [0.25, 0.3) is 0 Å². The van der Waals surface area contributed by atoms with Crippen molar-refractivity contribution in [3.63, 3.8) is 0 Å². The zero-order valence-electron chi connectivity index (χ0n) is 15.5. The van der Waals surface area contributed by atoms with Crippen LogP contribution in [-0.2, 0) is 14.3 Å². The standard InChI is InChI=1S/C22H23NO5/c24-21(25)10-14-9-15(27-12-14)11-23-22(26)28-13-20-18-7-3-1-5-16(18)17-6-2-4-8-19(17)20/h1-8,14-15,20H,9-13H2,(H,23,26)(H,24,25). The van der Waals surface area contributed by atoms with Crippen LogP contribution in [0.4, 0.5) is 4.79 Å². The third kappa shape index (κ3) is 3.87. The molecule has 4 rings (SSSR count). The molecule has 1 aliphatic heterocycles. The predicted molar refractivity (Wildman–Crippen MR) is 103 cm³/mol. The zero-order chi connectivity index (χ0) is 19.5. The van der Waals surface area contributed by atoms with E-state index in [2.05, 4.69) is 29.6 Å². The Morgan fingerprint density at radius 3 is 2.36 bits per heavy atom. The molecule has 0 bridgehead atoms. The maximum atomic E-state index is 12.2. The third-order valence-electron chi connectivity index (χ3n) is 5.44. The molecule has 2 N–H and O–H groups in total. The summed E-state index contributed by atoms with van der Waals surface area (Å²) in [6.45, 7) is 1.02. The molecule has 6 heteroatoms. The maximum absolute atomic E-state index is 12.2. The van der Waals surface area contributed by atoms with E-state index in [9.17, 15) is 9.59 Å². The molecule has 146 valence electrons. The van der Waals surface area contributed by atoms with E-state index < -0.39 is 12.1 Å². The summed E-state index contributed by atoms with van der Waals surface area (Å²) < 4.78 is 11.0. The number of alkyl carbamates (subject to hydrolysis) is 1. The predicted octanol–water partition coefficient (Wildman–Crippen LogP) is 3.40. The molecular weight excluding hydrogens is 358 g/mol. The van der Waals surface area contributed by atoms with Crippen molar-refractivity contribution in [2.75, 3.05) is 19.8 Å². The molecule has 2 aromatic rings. The monoisotopic (exact) mass is 381 g/mol. The second-order valence-electron chi connectivity index (χ2n) is 7.36. The van der Waals surface area contributed by atoms with Crippen LogP contribution in [0, 0.1) is 5.92 Å². The van der Waals surface area contributed by atoms with Crippen molar-refractivity contribution in [3.05, 3.63) is 59.7 Å². The average Bonchev–Trinajstić information content (AvgIpc) is 3.26. The first-order chi connectivity index (χ1) is 13.6. The van der Waals surface area contributed by atoms with Crippen LogP contribution >= 0.6 is 0 Å². The second-order valence-corrected chi connectivity index (χ2v) is 7.36. The van der Waals surface area contributed by atoms with Gasteiger partial charge < -0.3 is 19.9 Å². The summed E-state index contributed by atoms with van der Waals surface area (Å²) in [5.74, 6) is -0.786. The Hall–Kier alpha value is -2.86. The second kappa shape index (κ2) is 8.02. The van der Waals surface area contributed by atoms with Crippen molar-refractivity contribution in [1.29, 1.82) is 0 Å². The van der Waals surface area contributed by atoms with Crippen LogP contribution in [0.15, 0.2) is 48.5 Å². The fraction of sp³-hybridized carbons (Fsp3) is 0.364. The molecule has 1 heterocycles. The number of carbonyl (C=O) groups is 2. The number of benzene rings is 2. The van der Waals surface area contributed by atoms with E-state index in [0.717, 1.165) is 0 Å². The van der Waals surface area contributed by atoms with Gasteiger partial charge in [0.15, 0.2) is 0 Å². The Morgan fingerprint density at radius 2 is 1.71 bits per heavy atom. The SMILES string of the molecule is O=C(O)CC1COC(CNC(=O)OCC2c3ccccc3-c3ccccc32)C1. The molecule has 1 saturated heterocycles. The summed E-state index contributed by atoms with van der Waals surface area (Å²) in [4.78, 5) is 22.9. The minimum Gasteiger partial charge on any atom is -0.481 e. The molecule has 2 aromatic carbocycles. The minimum atomic E-state index is -0.821. The van der Waals surface area contributed by atoms with Crippen molar-refractivity contribution in [1.82, 2.24) is 5.32 Å². The summed E-state index contributed by atoms with van der Waals surface area (Å²) in [5.41, 5.74) is 4.73. The highest BCUT2D eigenvalue weighted by Gasteiger charge is 2.30. The molecule has 28 heavy (non-hydrogen) atoms. The maximum Gasteiger partial charge on any atom is 0.407 e. The lowest BCUT2D eigenvalue weighted by Crippen LogP contribution is -2.33. The minimum absolute atomic E-state index is 0.00631. The van der Waals surface area contributed by atoms with E-state index in [0.29, 0.717) is 19.6 Å². The van der Waals surface area contributed by atoms with E-state index >= 15 is 0 Å². The molecule has 0 aromatic heterocycles. The number of nitrogens with one attached hydrogen (secondary N) is 1. The van der Waals surface area contributed by atoms with Gasteiger partial charge in [0.1, 0.15) is 6.61 Å². The van der Waals surface area contributed by atoms with Crippen LogP contribution in [0.25, 0.3) is 11.1 Å². The summed E-state index contributed by atoms with van der Waals surface area (Å²) in [7, 11) is 0. The average molecular weight is 381 g/mol. The number of rotatable bonds is 6. The summed E-state index contributed by atoms with van der Waals surface area (Å²) in [5, 5.41) is 11.6. The number of carbonyl (C=O) groups excluding carboxylic acids is 1. The van der Waals surface area contributed by atoms with Gasteiger partial charge in [-0.25, -0.2) is 4.79 Å². The molecule has 1 fully saturated rings. The Kier molecular flexibility index (Phi) is 5.30.